The highest BCUT2D eigenvalue weighted by atomic mass is 35.5. The first-order chi connectivity index (χ1) is 18.5. The van der Waals surface area contributed by atoms with Crippen molar-refractivity contribution >= 4 is 23.1 Å². The number of halogens is 1. The summed E-state index contributed by atoms with van der Waals surface area (Å²) in [5, 5.41) is 6.09. The lowest BCUT2D eigenvalue weighted by Crippen LogP contribution is -2.45. The molecule has 1 saturated carbocycles. The maximum atomic E-state index is 6.17. The molecule has 1 saturated heterocycles. The second-order valence-electron chi connectivity index (χ2n) is 10.6. The maximum Gasteiger partial charge on any atom is 0.227 e. The van der Waals surface area contributed by atoms with E-state index in [0.29, 0.717) is 11.9 Å². The van der Waals surface area contributed by atoms with Crippen molar-refractivity contribution in [1.82, 2.24) is 19.9 Å². The smallest absolute Gasteiger partial charge is 0.227 e. The Morgan fingerprint density at radius 3 is 2.76 bits per heavy atom. The molecule has 4 aliphatic rings. The Balaban J connectivity index is 1.14. The third kappa shape index (κ3) is 3.98. The number of fused-ring (bicyclic) bond motifs is 3. The van der Waals surface area contributed by atoms with Crippen LogP contribution in [0.3, 0.4) is 0 Å². The van der Waals surface area contributed by atoms with Crippen LogP contribution in [0, 0.1) is 5.41 Å². The molecule has 196 valence electrons. The van der Waals surface area contributed by atoms with Gasteiger partial charge in [-0.25, -0.2) is 9.97 Å². The number of aromatic nitrogens is 2. The zero-order chi connectivity index (χ0) is 26.3. The van der Waals surface area contributed by atoms with Crippen molar-refractivity contribution in [2.75, 3.05) is 45.2 Å². The zero-order valence-corrected chi connectivity index (χ0v) is 22.8. The lowest BCUT2D eigenvalue weighted by molar-refractivity contribution is -0.151. The van der Waals surface area contributed by atoms with Gasteiger partial charge >= 0.3 is 0 Å². The third-order valence-corrected chi connectivity index (χ3v) is 9.08. The van der Waals surface area contributed by atoms with Gasteiger partial charge in [-0.05, 0) is 41.3 Å². The number of piperazine rings is 1. The molecule has 0 bridgehead atoms. The Hall–Kier alpha value is -3.03. The quantitative estimate of drug-likeness (QED) is 0.419. The first-order valence-corrected chi connectivity index (χ1v) is 13.7. The van der Waals surface area contributed by atoms with Crippen LogP contribution in [0.25, 0.3) is 5.57 Å². The van der Waals surface area contributed by atoms with Crippen molar-refractivity contribution < 1.29 is 4.84 Å². The van der Waals surface area contributed by atoms with Gasteiger partial charge in [0.1, 0.15) is 0 Å². The summed E-state index contributed by atoms with van der Waals surface area (Å²) in [7, 11) is 1.74. The fraction of sp³-hybridized carbons (Fsp3) is 0.355. The molecule has 2 fully saturated rings. The van der Waals surface area contributed by atoms with Crippen LogP contribution in [0.1, 0.15) is 36.1 Å². The predicted octanol–water partition coefficient (Wildman–Crippen LogP) is 5.75. The summed E-state index contributed by atoms with van der Waals surface area (Å²) in [4.78, 5) is 17.5. The van der Waals surface area contributed by atoms with Crippen LogP contribution in [0.2, 0.25) is 5.02 Å². The molecule has 0 amide bonds. The number of anilines is 1. The van der Waals surface area contributed by atoms with Crippen molar-refractivity contribution in [3.8, 4) is 0 Å². The average Bonchev–Trinajstić information content (AvgIpc) is 3.17. The van der Waals surface area contributed by atoms with Gasteiger partial charge in [-0.15, -0.1) is 0 Å². The summed E-state index contributed by atoms with van der Waals surface area (Å²) < 4.78 is 0. The Morgan fingerprint density at radius 1 is 1.24 bits per heavy atom. The van der Waals surface area contributed by atoms with Gasteiger partial charge in [0.25, 0.3) is 0 Å². The van der Waals surface area contributed by atoms with Gasteiger partial charge in [-0.3, -0.25) is 0 Å². The normalized spacial score (nSPS) is 28.2. The van der Waals surface area contributed by atoms with Crippen LogP contribution in [0.15, 0.2) is 85.3 Å². The van der Waals surface area contributed by atoms with E-state index in [1.807, 2.05) is 35.7 Å². The Labute approximate surface area is 230 Å². The van der Waals surface area contributed by atoms with Gasteiger partial charge in [0, 0.05) is 72.5 Å². The van der Waals surface area contributed by atoms with E-state index < -0.39 is 0 Å². The second kappa shape index (κ2) is 9.93. The average molecular weight is 528 g/mol. The summed E-state index contributed by atoms with van der Waals surface area (Å²) >= 11 is 6.17. The van der Waals surface area contributed by atoms with Gasteiger partial charge in [-0.1, -0.05) is 67.6 Å². The van der Waals surface area contributed by atoms with Crippen LogP contribution < -0.4 is 5.32 Å². The molecule has 2 heterocycles. The van der Waals surface area contributed by atoms with E-state index in [9.17, 15) is 0 Å². The van der Waals surface area contributed by atoms with Gasteiger partial charge in [0.2, 0.25) is 5.95 Å². The van der Waals surface area contributed by atoms with Gasteiger partial charge in [-0.2, -0.15) is 5.06 Å². The van der Waals surface area contributed by atoms with Gasteiger partial charge in [0.05, 0.1) is 12.8 Å². The molecule has 0 radical (unpaired) electrons. The molecule has 6 rings (SSSR count). The number of nitrogens with one attached hydrogen (secondary N) is 1. The highest BCUT2D eigenvalue weighted by molar-refractivity contribution is 6.30. The van der Waals surface area contributed by atoms with Crippen LogP contribution in [-0.4, -0.2) is 59.8 Å². The fourth-order valence-electron chi connectivity index (χ4n) is 6.84. The van der Waals surface area contributed by atoms with E-state index in [1.165, 1.54) is 22.3 Å². The van der Waals surface area contributed by atoms with Crippen LogP contribution in [0.5, 0.6) is 0 Å². The molecule has 1 aromatic heterocycles. The van der Waals surface area contributed by atoms with Crippen molar-refractivity contribution in [2.45, 2.75) is 24.7 Å². The van der Waals surface area contributed by atoms with E-state index in [4.69, 9.17) is 26.4 Å². The Bertz CT molecular complexity index is 1350. The minimum atomic E-state index is -0.0437. The van der Waals surface area contributed by atoms with E-state index in [1.54, 1.807) is 7.11 Å². The number of benzene rings is 1. The molecule has 6 nitrogen and oxygen atoms in total. The topological polar surface area (TPSA) is 53.5 Å². The molecule has 1 spiro atoms. The van der Waals surface area contributed by atoms with Crippen LogP contribution in [-0.2, 0) is 10.3 Å². The van der Waals surface area contributed by atoms with E-state index in [2.05, 4.69) is 66.2 Å². The summed E-state index contributed by atoms with van der Waals surface area (Å²) in [6.45, 7) is 11.2. The SMILES string of the molecule is C=C/C=C(\C=C/Nc1ncc2c(n1)C1=CC=CC13[C@H](c1ccc(Cl)cc1)[C@@]23C)CCN1CCN(OC)CC1. The second-order valence-corrected chi connectivity index (χ2v) is 11.0. The molecule has 1 unspecified atom stereocenters. The third-order valence-electron chi connectivity index (χ3n) is 8.83. The molecule has 3 aliphatic carbocycles. The summed E-state index contributed by atoms with van der Waals surface area (Å²) in [6, 6.07) is 8.29. The lowest BCUT2D eigenvalue weighted by atomic mass is 9.92. The summed E-state index contributed by atoms with van der Waals surface area (Å²) in [5.41, 5.74) is 6.02. The Kier molecular flexibility index (Phi) is 6.60. The standard InChI is InChI=1S/C31H34ClN5O/c1-4-6-22(13-16-36-17-19-37(38-3)20-18-36)12-15-33-29-34-21-26-27(35-29)25-7-5-14-31(25)28(30(26,31)2)23-8-10-24(32)11-9-23/h4-12,14-15,21,28H,1,13,16-20H2,2-3H3,(H,33,34,35)/b15-12-,22-6+/t28-,30-,31?/m1/s1. The number of rotatable bonds is 9. The van der Waals surface area contributed by atoms with Crippen LogP contribution in [0.4, 0.5) is 5.95 Å². The minimum absolute atomic E-state index is 0.0408. The molecular formula is C31H34ClN5O. The van der Waals surface area contributed by atoms with E-state index in [-0.39, 0.29) is 10.8 Å². The molecule has 1 aromatic carbocycles. The molecular weight excluding hydrogens is 494 g/mol. The van der Waals surface area contributed by atoms with Crippen LogP contribution >= 0.6 is 11.6 Å². The summed E-state index contributed by atoms with van der Waals surface area (Å²) in [6.07, 6.45) is 17.7. The first-order valence-electron chi connectivity index (χ1n) is 13.3. The largest absolute Gasteiger partial charge is 0.331 e. The molecule has 2 aromatic rings. The van der Waals surface area contributed by atoms with Crippen molar-refractivity contribution in [3.05, 3.63) is 107 Å². The number of hydroxylamine groups is 2. The number of hydrogen-bond donors (Lipinski definition) is 1. The monoisotopic (exact) mass is 527 g/mol. The first kappa shape index (κ1) is 25.3. The Morgan fingerprint density at radius 2 is 2.03 bits per heavy atom. The van der Waals surface area contributed by atoms with Crippen molar-refractivity contribution in [2.24, 2.45) is 5.41 Å². The number of allylic oxidation sites excluding steroid dienone is 7. The number of nitrogens with zero attached hydrogens (tertiary/aromatic N) is 4. The molecule has 1 N–H and O–H groups in total. The minimum Gasteiger partial charge on any atom is -0.331 e. The summed E-state index contributed by atoms with van der Waals surface area (Å²) in [5.74, 6) is 0.987. The van der Waals surface area contributed by atoms with Crippen molar-refractivity contribution in [1.29, 1.82) is 0 Å². The van der Waals surface area contributed by atoms with E-state index in [0.717, 1.165) is 49.9 Å². The molecule has 38 heavy (non-hydrogen) atoms. The van der Waals surface area contributed by atoms with Gasteiger partial charge in [0.15, 0.2) is 0 Å². The highest BCUT2D eigenvalue weighted by Gasteiger charge is 2.80. The lowest BCUT2D eigenvalue weighted by Gasteiger charge is -2.33. The predicted molar refractivity (Wildman–Crippen MR) is 154 cm³/mol. The fourth-order valence-corrected chi connectivity index (χ4v) is 6.96. The van der Waals surface area contributed by atoms with Crippen molar-refractivity contribution in [3.63, 3.8) is 0 Å². The highest BCUT2D eigenvalue weighted by Crippen LogP contribution is 2.85. The molecule has 1 aliphatic heterocycles. The number of hydrogen-bond acceptors (Lipinski definition) is 6. The zero-order valence-electron chi connectivity index (χ0n) is 22.0. The van der Waals surface area contributed by atoms with E-state index >= 15 is 0 Å². The van der Waals surface area contributed by atoms with Gasteiger partial charge < -0.3 is 15.1 Å². The molecule has 3 atom stereocenters. The maximum absolute atomic E-state index is 6.17. The molecule has 7 heteroatoms.